The molecule has 0 aliphatic carbocycles. The largest absolute Gasteiger partial charge is 2.00 e. The maximum absolute atomic E-state index is 4.90. The molecular formula is C12H22NiO2S4. The number of hydrogen-bond acceptors (Lipinski definition) is 6. The van der Waals surface area contributed by atoms with Gasteiger partial charge in [0, 0.05) is 8.77 Å². The Balaban J connectivity index is -0.000000256. The molecule has 0 saturated carbocycles. The van der Waals surface area contributed by atoms with Crippen LogP contribution in [0.3, 0.4) is 0 Å². The van der Waals surface area contributed by atoms with Gasteiger partial charge in [0.05, 0.1) is 13.2 Å². The maximum Gasteiger partial charge on any atom is 2.00 e. The minimum absolute atomic E-state index is 0. The molecule has 0 radical (unpaired) electrons. The second-order valence-electron chi connectivity index (χ2n) is 4.56. The van der Waals surface area contributed by atoms with Gasteiger partial charge in [0.15, 0.2) is 0 Å². The van der Waals surface area contributed by atoms with E-state index in [0.29, 0.717) is 25.0 Å². The third-order valence-corrected chi connectivity index (χ3v) is 2.30. The van der Waals surface area contributed by atoms with E-state index < -0.39 is 0 Å². The monoisotopic (exact) mass is 384 g/mol. The van der Waals surface area contributed by atoms with E-state index in [9.17, 15) is 0 Å². The molecule has 0 heterocycles. The molecule has 0 saturated heterocycles. The first-order valence-electron chi connectivity index (χ1n) is 5.93. The molecule has 0 rings (SSSR count). The smallest absolute Gasteiger partial charge is 0.514 e. The second-order valence-corrected chi connectivity index (χ2v) is 6.56. The van der Waals surface area contributed by atoms with Gasteiger partial charge in [-0.05, 0) is 24.7 Å². The van der Waals surface area contributed by atoms with Crippen molar-refractivity contribution in [2.75, 3.05) is 13.2 Å². The van der Waals surface area contributed by atoms with E-state index in [0.717, 1.165) is 12.8 Å². The average molecular weight is 385 g/mol. The van der Waals surface area contributed by atoms with Crippen molar-refractivity contribution >= 4 is 58.5 Å². The Labute approximate surface area is 149 Å². The fraction of sp³-hybridized carbons (Fsp3) is 0.833. The van der Waals surface area contributed by atoms with Gasteiger partial charge in [-0.2, -0.15) is 0 Å². The van der Waals surface area contributed by atoms with Crippen molar-refractivity contribution < 1.29 is 26.0 Å². The van der Waals surface area contributed by atoms with Crippen molar-refractivity contribution in [1.82, 2.24) is 0 Å². The Morgan fingerprint density at radius 3 is 1.26 bits per heavy atom. The van der Waals surface area contributed by atoms with E-state index in [4.69, 9.17) is 9.47 Å². The van der Waals surface area contributed by atoms with Gasteiger partial charge in [-0.1, -0.05) is 27.7 Å². The predicted octanol–water partition coefficient (Wildman–Crippen LogP) is 3.76. The molecular weight excluding hydrogens is 363 g/mol. The van der Waals surface area contributed by atoms with Crippen LogP contribution in [0.15, 0.2) is 0 Å². The summed E-state index contributed by atoms with van der Waals surface area (Å²) >= 11 is 18.2. The number of rotatable bonds is 6. The quantitative estimate of drug-likeness (QED) is 0.391. The van der Waals surface area contributed by atoms with Crippen molar-refractivity contribution in [3.8, 4) is 0 Å². The van der Waals surface area contributed by atoms with Crippen molar-refractivity contribution in [1.29, 1.82) is 0 Å². The standard InChI is InChI=1S/2C6H12OS2.Ni/c2*1-5(2)3-4-7-6(8)9;/h2*5H,3-4H2,1-2H3,(H,8,9);/q;;+2/p-2. The topological polar surface area (TPSA) is 18.5 Å². The molecule has 2 nitrogen and oxygen atoms in total. The molecule has 0 fully saturated rings. The molecule has 0 aliphatic rings. The third-order valence-electron chi connectivity index (χ3n) is 1.83. The van der Waals surface area contributed by atoms with Crippen LogP contribution in [0.2, 0.25) is 0 Å². The Kier molecular flexibility index (Phi) is 21.8. The number of hydrogen-bond donors (Lipinski definition) is 0. The van der Waals surface area contributed by atoms with Crippen LogP contribution in [0.4, 0.5) is 0 Å². The summed E-state index contributed by atoms with van der Waals surface area (Å²) < 4.78 is 10.3. The summed E-state index contributed by atoms with van der Waals surface area (Å²) in [5.74, 6) is 1.32. The average Bonchev–Trinajstić information content (AvgIpc) is 2.15. The minimum Gasteiger partial charge on any atom is -0.514 e. The summed E-state index contributed by atoms with van der Waals surface area (Å²) in [6.45, 7) is 9.87. The van der Waals surface area contributed by atoms with Crippen LogP contribution in [0.1, 0.15) is 40.5 Å². The Bertz CT molecular complexity index is 212. The van der Waals surface area contributed by atoms with Gasteiger partial charge >= 0.3 is 16.5 Å². The number of thiocarbonyl (C=S) groups is 2. The Morgan fingerprint density at radius 1 is 0.842 bits per heavy atom. The van der Waals surface area contributed by atoms with Gasteiger partial charge in [-0.25, -0.2) is 0 Å². The normalized spacial score (nSPS) is 9.16. The first-order chi connectivity index (χ1) is 8.25. The van der Waals surface area contributed by atoms with Gasteiger partial charge in [-0.15, -0.1) is 0 Å². The van der Waals surface area contributed by atoms with Gasteiger partial charge in [0.2, 0.25) is 0 Å². The van der Waals surface area contributed by atoms with Gasteiger partial charge in [0.1, 0.15) is 0 Å². The van der Waals surface area contributed by atoms with Crippen LogP contribution in [-0.2, 0) is 51.2 Å². The third kappa shape index (κ3) is 32.3. The summed E-state index contributed by atoms with van der Waals surface area (Å²) in [5.41, 5.74) is 0. The molecule has 0 aromatic heterocycles. The van der Waals surface area contributed by atoms with Gasteiger partial charge in [0.25, 0.3) is 0 Å². The van der Waals surface area contributed by atoms with Crippen LogP contribution in [0.5, 0.6) is 0 Å². The molecule has 19 heavy (non-hydrogen) atoms. The molecule has 7 heteroatoms. The summed E-state index contributed by atoms with van der Waals surface area (Å²) in [6, 6.07) is 0. The van der Waals surface area contributed by atoms with E-state index in [1.807, 2.05) is 0 Å². The van der Waals surface area contributed by atoms with E-state index in [-0.39, 0.29) is 25.3 Å². The summed E-state index contributed by atoms with van der Waals surface area (Å²) in [7, 11) is 0. The minimum atomic E-state index is 0. The second kappa shape index (κ2) is 16.8. The summed E-state index contributed by atoms with van der Waals surface area (Å²) in [6.07, 6.45) is 2.05. The van der Waals surface area contributed by atoms with Crippen molar-refractivity contribution in [3.05, 3.63) is 0 Å². The van der Waals surface area contributed by atoms with E-state index in [1.165, 1.54) is 0 Å². The predicted molar refractivity (Wildman–Crippen MR) is 90.7 cm³/mol. The molecule has 0 bridgehead atoms. The van der Waals surface area contributed by atoms with Crippen LogP contribution in [0.25, 0.3) is 0 Å². The molecule has 0 atom stereocenters. The summed E-state index contributed by atoms with van der Waals surface area (Å²) in [4.78, 5) is 0. The van der Waals surface area contributed by atoms with Crippen molar-refractivity contribution in [3.63, 3.8) is 0 Å². The van der Waals surface area contributed by atoms with Crippen LogP contribution < -0.4 is 0 Å². The first-order valence-corrected chi connectivity index (χ1v) is 7.56. The SMILES string of the molecule is CC(C)CCOC(=S)[S-].CC(C)CCOC(=S)[S-].[Ni+2]. The Hall–Kier alpha value is 0.714. The molecule has 0 unspecified atom stereocenters. The zero-order chi connectivity index (χ0) is 14.6. The van der Waals surface area contributed by atoms with Crippen molar-refractivity contribution in [2.45, 2.75) is 40.5 Å². The molecule has 0 aromatic rings. The van der Waals surface area contributed by atoms with Gasteiger partial charge < -0.3 is 59.2 Å². The van der Waals surface area contributed by atoms with Crippen LogP contribution in [0, 0.1) is 11.8 Å². The Morgan fingerprint density at radius 2 is 1.11 bits per heavy atom. The molecule has 0 spiro atoms. The fourth-order valence-corrected chi connectivity index (χ4v) is 1.09. The number of ether oxygens (including phenoxy) is 2. The molecule has 0 amide bonds. The molecule has 116 valence electrons. The summed E-state index contributed by atoms with van der Waals surface area (Å²) in [5, 5.41) is 0. The van der Waals surface area contributed by atoms with Crippen LogP contribution in [-0.4, -0.2) is 22.0 Å². The van der Waals surface area contributed by atoms with E-state index in [1.54, 1.807) is 0 Å². The van der Waals surface area contributed by atoms with Crippen molar-refractivity contribution in [2.24, 2.45) is 11.8 Å². The molecule has 0 aliphatic heterocycles. The van der Waals surface area contributed by atoms with Crippen LogP contribution >= 0.6 is 24.4 Å². The molecule has 0 aromatic carbocycles. The fourth-order valence-electron chi connectivity index (χ4n) is 0.756. The zero-order valence-corrected chi connectivity index (χ0v) is 16.0. The van der Waals surface area contributed by atoms with Gasteiger partial charge in [-0.3, -0.25) is 0 Å². The van der Waals surface area contributed by atoms with E-state index in [2.05, 4.69) is 77.4 Å². The van der Waals surface area contributed by atoms with E-state index >= 15 is 0 Å². The first kappa shape index (κ1) is 24.7. The zero-order valence-electron chi connectivity index (χ0n) is 11.7. The maximum atomic E-state index is 4.90. The molecule has 0 N–H and O–H groups in total.